The van der Waals surface area contributed by atoms with Crippen LogP contribution in [0.2, 0.25) is 0 Å². The van der Waals surface area contributed by atoms with Crippen molar-refractivity contribution in [2.24, 2.45) is 0 Å². The topological polar surface area (TPSA) is 44.2 Å². The molecule has 1 aliphatic heterocycles. The first-order chi connectivity index (χ1) is 9.25. The molecule has 0 unspecified atom stereocenters. The average molecular weight is 286 g/mol. The normalized spacial score (nSPS) is 12.8. The molecule has 3 rings (SSSR count). The predicted molar refractivity (Wildman–Crippen MR) is 74.5 cm³/mol. The molecule has 0 saturated carbocycles. The van der Waals surface area contributed by atoms with Crippen LogP contribution >= 0.6 is 0 Å². The number of ketones is 1. The number of amidine groups is 1. The summed E-state index contributed by atoms with van der Waals surface area (Å²) in [6.45, 7) is 0.908. The molecular formula is C16H14ClN2O-. The number of halogens is 1. The van der Waals surface area contributed by atoms with Crippen molar-refractivity contribution in [1.29, 1.82) is 5.41 Å². The lowest BCUT2D eigenvalue weighted by atomic mass is 10.1. The van der Waals surface area contributed by atoms with Gasteiger partial charge in [-0.1, -0.05) is 54.6 Å². The van der Waals surface area contributed by atoms with Crippen molar-refractivity contribution < 1.29 is 17.2 Å². The van der Waals surface area contributed by atoms with Gasteiger partial charge in [0.15, 0.2) is 5.78 Å². The van der Waals surface area contributed by atoms with Crippen molar-refractivity contribution in [1.82, 2.24) is 4.90 Å². The smallest absolute Gasteiger partial charge is 0.182 e. The van der Waals surface area contributed by atoms with E-state index in [1.807, 2.05) is 59.5 Å². The maximum atomic E-state index is 12.2. The zero-order valence-electron chi connectivity index (χ0n) is 10.8. The van der Waals surface area contributed by atoms with Gasteiger partial charge in [-0.05, 0) is 5.56 Å². The van der Waals surface area contributed by atoms with Gasteiger partial charge in [0.2, 0.25) is 0 Å². The molecule has 0 aliphatic carbocycles. The quantitative estimate of drug-likeness (QED) is 0.788. The molecule has 0 bridgehead atoms. The van der Waals surface area contributed by atoms with E-state index in [-0.39, 0.29) is 24.7 Å². The van der Waals surface area contributed by atoms with Crippen molar-refractivity contribution in [3.63, 3.8) is 0 Å². The van der Waals surface area contributed by atoms with E-state index < -0.39 is 0 Å². The Morgan fingerprint density at radius 1 is 1.05 bits per heavy atom. The lowest BCUT2D eigenvalue weighted by molar-refractivity contribution is -0.0000119. The second kappa shape index (κ2) is 5.88. The van der Waals surface area contributed by atoms with Crippen LogP contribution in [0.1, 0.15) is 21.5 Å². The Morgan fingerprint density at radius 3 is 2.40 bits per heavy atom. The van der Waals surface area contributed by atoms with E-state index in [4.69, 9.17) is 5.41 Å². The minimum atomic E-state index is 0. The van der Waals surface area contributed by atoms with Crippen LogP contribution in [0.5, 0.6) is 0 Å². The summed E-state index contributed by atoms with van der Waals surface area (Å²) in [5, 5.41) is 8.12. The Morgan fingerprint density at radius 2 is 1.70 bits per heavy atom. The number of fused-ring (bicyclic) bond motifs is 1. The Labute approximate surface area is 124 Å². The van der Waals surface area contributed by atoms with Crippen molar-refractivity contribution in [2.75, 3.05) is 6.54 Å². The standard InChI is InChI=1S/C16H14N2O.ClH/c17-16-14-9-5-4-8-13(14)10-18(16)11-15(19)12-6-2-1-3-7-12;/h1-9,17H,10-11H2;1H/p-1. The van der Waals surface area contributed by atoms with Crippen molar-refractivity contribution in [2.45, 2.75) is 6.54 Å². The zero-order valence-corrected chi connectivity index (χ0v) is 11.6. The van der Waals surface area contributed by atoms with E-state index in [9.17, 15) is 4.79 Å². The molecule has 2 aromatic rings. The molecule has 0 atom stereocenters. The molecule has 0 amide bonds. The molecule has 4 heteroatoms. The highest BCUT2D eigenvalue weighted by Crippen LogP contribution is 2.22. The largest absolute Gasteiger partial charge is 1.00 e. The SMILES string of the molecule is N=C1c2ccccc2CN1CC(=O)c1ccccc1.[Cl-]. The molecule has 0 aromatic heterocycles. The van der Waals surface area contributed by atoms with Crippen LogP contribution < -0.4 is 12.4 Å². The van der Waals surface area contributed by atoms with Gasteiger partial charge < -0.3 is 17.3 Å². The van der Waals surface area contributed by atoms with E-state index in [2.05, 4.69) is 0 Å². The highest BCUT2D eigenvalue weighted by atomic mass is 35.5. The highest BCUT2D eigenvalue weighted by Gasteiger charge is 2.25. The van der Waals surface area contributed by atoms with Crippen molar-refractivity contribution in [3.8, 4) is 0 Å². The summed E-state index contributed by atoms with van der Waals surface area (Å²) in [5.74, 6) is 0.498. The second-order valence-corrected chi connectivity index (χ2v) is 4.65. The number of rotatable bonds is 3. The maximum absolute atomic E-state index is 12.2. The van der Waals surface area contributed by atoms with Gasteiger partial charge in [0.25, 0.3) is 0 Å². The lowest BCUT2D eigenvalue weighted by Gasteiger charge is -2.16. The molecule has 3 nitrogen and oxygen atoms in total. The zero-order chi connectivity index (χ0) is 13.2. The third kappa shape index (κ3) is 2.58. The van der Waals surface area contributed by atoms with E-state index in [0.717, 1.165) is 11.1 Å². The summed E-state index contributed by atoms with van der Waals surface area (Å²) in [4.78, 5) is 14.0. The summed E-state index contributed by atoms with van der Waals surface area (Å²) in [6.07, 6.45) is 0. The molecule has 0 saturated heterocycles. The first kappa shape index (κ1) is 14.3. The van der Waals surface area contributed by atoms with E-state index in [0.29, 0.717) is 17.9 Å². The minimum absolute atomic E-state index is 0. The van der Waals surface area contributed by atoms with Gasteiger partial charge in [-0.2, -0.15) is 0 Å². The molecular weight excluding hydrogens is 272 g/mol. The van der Waals surface area contributed by atoms with E-state index in [1.165, 1.54) is 0 Å². The Bertz CT molecular complexity index is 640. The first-order valence-electron chi connectivity index (χ1n) is 6.26. The number of Topliss-reactive ketones (excluding diaryl/α,β-unsaturated/α-hetero) is 1. The Balaban J connectivity index is 0.00000147. The van der Waals surface area contributed by atoms with Gasteiger partial charge in [0, 0.05) is 17.7 Å². The monoisotopic (exact) mass is 285 g/mol. The molecule has 0 spiro atoms. The molecule has 1 N–H and O–H groups in total. The van der Waals surface area contributed by atoms with Crippen LogP contribution in [0.25, 0.3) is 0 Å². The molecule has 0 fully saturated rings. The number of hydrogen-bond donors (Lipinski definition) is 1. The number of nitrogens with one attached hydrogen (secondary N) is 1. The van der Waals surface area contributed by atoms with Gasteiger partial charge in [-0.25, -0.2) is 0 Å². The van der Waals surface area contributed by atoms with Crippen LogP contribution in [-0.4, -0.2) is 23.1 Å². The van der Waals surface area contributed by atoms with Crippen LogP contribution in [0.4, 0.5) is 0 Å². The van der Waals surface area contributed by atoms with Gasteiger partial charge in [0.05, 0.1) is 6.54 Å². The molecule has 102 valence electrons. The van der Waals surface area contributed by atoms with Gasteiger partial charge in [0.1, 0.15) is 5.84 Å². The van der Waals surface area contributed by atoms with Crippen molar-refractivity contribution >= 4 is 11.6 Å². The number of carbonyl (C=O) groups is 1. The van der Waals surface area contributed by atoms with Gasteiger partial charge in [-0.3, -0.25) is 10.2 Å². The number of benzene rings is 2. The third-order valence-electron chi connectivity index (χ3n) is 3.38. The van der Waals surface area contributed by atoms with Crippen LogP contribution in [-0.2, 0) is 6.54 Å². The summed E-state index contributed by atoms with van der Waals surface area (Å²) in [6, 6.07) is 17.1. The number of nitrogens with zero attached hydrogens (tertiary/aromatic N) is 1. The number of carbonyl (C=O) groups excluding carboxylic acids is 1. The molecule has 1 aliphatic rings. The number of hydrogen-bond acceptors (Lipinski definition) is 2. The van der Waals surface area contributed by atoms with Crippen molar-refractivity contribution in [3.05, 3.63) is 71.3 Å². The average Bonchev–Trinajstić information content (AvgIpc) is 2.77. The van der Waals surface area contributed by atoms with E-state index >= 15 is 0 Å². The summed E-state index contributed by atoms with van der Waals surface area (Å²) >= 11 is 0. The van der Waals surface area contributed by atoms with Gasteiger partial charge in [-0.15, -0.1) is 0 Å². The molecule has 20 heavy (non-hydrogen) atoms. The summed E-state index contributed by atoms with van der Waals surface area (Å²) in [5.41, 5.74) is 2.75. The minimum Gasteiger partial charge on any atom is -1.00 e. The first-order valence-corrected chi connectivity index (χ1v) is 6.26. The van der Waals surface area contributed by atoms with Gasteiger partial charge >= 0.3 is 0 Å². The predicted octanol–water partition coefficient (Wildman–Crippen LogP) is -0.286. The van der Waals surface area contributed by atoms with Crippen LogP contribution in [0.3, 0.4) is 0 Å². The summed E-state index contributed by atoms with van der Waals surface area (Å²) in [7, 11) is 0. The highest BCUT2D eigenvalue weighted by molar-refractivity contribution is 6.05. The maximum Gasteiger partial charge on any atom is 0.182 e. The van der Waals surface area contributed by atoms with Crippen LogP contribution in [0, 0.1) is 5.41 Å². The second-order valence-electron chi connectivity index (χ2n) is 4.65. The lowest BCUT2D eigenvalue weighted by Crippen LogP contribution is -3.00. The fourth-order valence-electron chi connectivity index (χ4n) is 2.37. The third-order valence-corrected chi connectivity index (χ3v) is 3.38. The molecule has 2 aromatic carbocycles. The van der Waals surface area contributed by atoms with E-state index in [1.54, 1.807) is 0 Å². The molecule has 0 radical (unpaired) electrons. The molecule has 1 heterocycles. The fourth-order valence-corrected chi connectivity index (χ4v) is 2.37. The summed E-state index contributed by atoms with van der Waals surface area (Å²) < 4.78 is 0. The Kier molecular flexibility index (Phi) is 4.20. The van der Waals surface area contributed by atoms with Crippen LogP contribution in [0.15, 0.2) is 54.6 Å². The Hall–Kier alpha value is -2.13. The fraction of sp³-hybridized carbons (Fsp3) is 0.125.